The van der Waals surface area contributed by atoms with Gasteiger partial charge in [-0.2, -0.15) is 0 Å². The van der Waals surface area contributed by atoms with Crippen molar-refractivity contribution in [1.29, 1.82) is 0 Å². The largest absolute Gasteiger partial charge is 0.493 e. The Morgan fingerprint density at radius 2 is 1.38 bits per heavy atom. The fraction of sp³-hybridized carbons (Fsp3) is 0.523. The van der Waals surface area contributed by atoms with Gasteiger partial charge in [0.15, 0.2) is 31.3 Å². The van der Waals surface area contributed by atoms with Crippen molar-refractivity contribution in [3.8, 4) is 23.0 Å². The topological polar surface area (TPSA) is 151 Å². The summed E-state index contributed by atoms with van der Waals surface area (Å²) in [5.74, 6) is 1.16. The highest BCUT2D eigenvalue weighted by Gasteiger charge is 2.40. The number of rotatable bonds is 19. The molecular formula is C44H64N4O9Si. The van der Waals surface area contributed by atoms with Crippen molar-refractivity contribution < 1.29 is 42.5 Å². The molecule has 14 heteroatoms. The van der Waals surface area contributed by atoms with Gasteiger partial charge in [-0.05, 0) is 68.8 Å². The second-order valence-corrected chi connectivity index (χ2v) is 21.3. The van der Waals surface area contributed by atoms with Gasteiger partial charge in [-0.3, -0.25) is 14.9 Å². The van der Waals surface area contributed by atoms with Crippen LogP contribution in [0.25, 0.3) is 0 Å². The van der Waals surface area contributed by atoms with Crippen LogP contribution in [-0.2, 0) is 9.16 Å². The number of carbonyl (C=O) groups excluding carboxylic acids is 3. The minimum absolute atomic E-state index is 0.0113. The van der Waals surface area contributed by atoms with Crippen molar-refractivity contribution in [2.24, 2.45) is 0 Å². The van der Waals surface area contributed by atoms with Gasteiger partial charge in [-0.15, -0.1) is 0 Å². The summed E-state index contributed by atoms with van der Waals surface area (Å²) in [4.78, 5) is 43.8. The van der Waals surface area contributed by atoms with Crippen molar-refractivity contribution in [1.82, 2.24) is 9.80 Å². The summed E-state index contributed by atoms with van der Waals surface area (Å²) < 4.78 is 35.1. The monoisotopic (exact) mass is 820 g/mol. The molecule has 318 valence electrons. The first-order valence-electron chi connectivity index (χ1n) is 20.0. The highest BCUT2D eigenvalue weighted by molar-refractivity contribution is 6.74. The van der Waals surface area contributed by atoms with Gasteiger partial charge in [0, 0.05) is 37.0 Å². The van der Waals surface area contributed by atoms with Gasteiger partial charge < -0.3 is 43.6 Å². The van der Waals surface area contributed by atoms with Crippen LogP contribution < -0.4 is 30.0 Å². The molecule has 2 aliphatic heterocycles. The van der Waals surface area contributed by atoms with Gasteiger partial charge in [0.25, 0.3) is 11.8 Å². The lowest BCUT2D eigenvalue weighted by molar-refractivity contribution is 0.0685. The second-order valence-electron chi connectivity index (χ2n) is 16.5. The highest BCUT2D eigenvalue weighted by atomic mass is 28.4. The molecule has 3 N–H and O–H groups in total. The Hall–Kier alpha value is -4.95. The summed E-state index contributed by atoms with van der Waals surface area (Å²) in [6.07, 6.45) is 5.07. The van der Waals surface area contributed by atoms with E-state index < -0.39 is 14.4 Å². The Labute approximate surface area is 345 Å². The number of carbonyl (C=O) groups is 3. The molecule has 0 aliphatic carbocycles. The van der Waals surface area contributed by atoms with Gasteiger partial charge in [0.1, 0.15) is 6.61 Å². The number of nitrogen functional groups attached to an aromatic ring is 1. The van der Waals surface area contributed by atoms with Crippen LogP contribution in [0, 0.1) is 0 Å². The first kappa shape index (κ1) is 45.7. The molecule has 2 aromatic carbocycles. The Kier molecular flexibility index (Phi) is 15.9. The number of nitrogens with two attached hydrogens (primary N) is 1. The maximum Gasteiger partial charge on any atom is 0.411 e. The number of ether oxygens (including phenoxy) is 5. The first-order valence-corrected chi connectivity index (χ1v) is 22.9. The van der Waals surface area contributed by atoms with Crippen molar-refractivity contribution in [3.05, 3.63) is 72.4 Å². The van der Waals surface area contributed by atoms with Crippen LogP contribution in [0.4, 0.5) is 16.2 Å². The molecule has 0 radical (unpaired) electrons. The number of hydrogen-bond donors (Lipinski definition) is 2. The van der Waals surface area contributed by atoms with Crippen molar-refractivity contribution in [3.63, 3.8) is 0 Å². The predicted molar refractivity (Wildman–Crippen MR) is 231 cm³/mol. The number of amides is 3. The number of methoxy groups -OCH3 is 2. The molecule has 2 saturated heterocycles. The molecule has 0 spiro atoms. The van der Waals surface area contributed by atoms with Crippen molar-refractivity contribution >= 4 is 37.6 Å². The summed E-state index contributed by atoms with van der Waals surface area (Å²) in [5.41, 5.74) is 9.58. The SMILES string of the molecule is C=CCOC(=O)Nc1cc(OCCCCCOc2cc(N)c(C(=O)N3CC(=C)C[C@@H]3CO[Si](C)(C)C(C)(C)C)cc2OC)c(OC)cc1C(=O)N1CC(=C)C[C@H]1CC. The van der Waals surface area contributed by atoms with E-state index in [-0.39, 0.29) is 46.8 Å². The normalized spacial score (nSPS) is 17.0. The van der Waals surface area contributed by atoms with E-state index in [9.17, 15) is 14.4 Å². The number of hydrogen-bond acceptors (Lipinski definition) is 10. The molecule has 2 aliphatic rings. The molecular weight excluding hydrogens is 757 g/mol. The van der Waals surface area contributed by atoms with E-state index in [0.29, 0.717) is 86.4 Å². The van der Waals surface area contributed by atoms with Crippen LogP contribution in [0.5, 0.6) is 23.0 Å². The van der Waals surface area contributed by atoms with E-state index >= 15 is 0 Å². The third-order valence-corrected chi connectivity index (χ3v) is 15.6. The molecule has 2 aromatic rings. The molecule has 3 amide bonds. The summed E-state index contributed by atoms with van der Waals surface area (Å²) in [6, 6.07) is 6.36. The third kappa shape index (κ3) is 11.4. The molecule has 58 heavy (non-hydrogen) atoms. The zero-order valence-corrected chi connectivity index (χ0v) is 36.8. The molecule has 0 saturated carbocycles. The molecule has 0 unspecified atom stereocenters. The Bertz CT molecular complexity index is 1840. The van der Waals surface area contributed by atoms with E-state index in [1.165, 1.54) is 20.3 Å². The van der Waals surface area contributed by atoms with Crippen LogP contribution in [0.1, 0.15) is 86.9 Å². The lowest BCUT2D eigenvalue weighted by Crippen LogP contribution is -2.46. The zero-order chi connectivity index (χ0) is 42.8. The van der Waals surface area contributed by atoms with Gasteiger partial charge in [-0.25, -0.2) is 4.79 Å². The standard InChI is InChI=1S/C44H64N4O9Si/c1-12-17-56-43(51)46-36-25-40(38(53-9)23-34(36)42(50)47-26-29(3)20-31(47)13-2)55-19-16-14-15-18-54-39-24-35(45)33(22-37(39)52-8)41(49)48-27-30(4)21-32(48)28-57-58(10,11)44(5,6)7/h12,22-25,31-32H,1,3-4,13-21,26-28,45H2,2,5-11H3,(H,46,51)/t31-,32-/m1/s1. The van der Waals surface area contributed by atoms with Gasteiger partial charge in [0.05, 0.1) is 56.9 Å². The summed E-state index contributed by atoms with van der Waals surface area (Å²) in [5, 5.41) is 2.75. The summed E-state index contributed by atoms with van der Waals surface area (Å²) in [7, 11) is 1.02. The minimum atomic E-state index is -2.01. The number of unbranched alkanes of at least 4 members (excludes halogenated alkanes) is 2. The maximum absolute atomic E-state index is 13.9. The number of nitrogens with zero attached hydrogens (tertiary/aromatic N) is 2. The highest BCUT2D eigenvalue weighted by Crippen LogP contribution is 2.39. The van der Waals surface area contributed by atoms with Gasteiger partial charge in [0.2, 0.25) is 0 Å². The second kappa shape index (κ2) is 20.1. The number of anilines is 2. The lowest BCUT2D eigenvalue weighted by Gasteiger charge is -2.38. The molecule has 0 aromatic heterocycles. The van der Waals surface area contributed by atoms with E-state index in [2.05, 4.69) is 58.9 Å². The number of benzene rings is 2. The van der Waals surface area contributed by atoms with Gasteiger partial charge >= 0.3 is 6.09 Å². The van der Waals surface area contributed by atoms with Crippen LogP contribution >= 0.6 is 0 Å². The lowest BCUT2D eigenvalue weighted by atomic mass is 10.1. The fourth-order valence-electron chi connectivity index (χ4n) is 6.75. The van der Waals surface area contributed by atoms with Crippen molar-refractivity contribution in [2.75, 3.05) is 64.8 Å². The maximum atomic E-state index is 13.9. The van der Waals surface area contributed by atoms with Gasteiger partial charge in [-0.1, -0.05) is 64.7 Å². The van der Waals surface area contributed by atoms with E-state index in [4.69, 9.17) is 33.8 Å². The molecule has 2 atom stereocenters. The zero-order valence-electron chi connectivity index (χ0n) is 35.8. The average molecular weight is 821 g/mol. The molecule has 0 bridgehead atoms. The number of likely N-dealkylation sites (tertiary alicyclic amines) is 2. The molecule has 13 nitrogen and oxygen atoms in total. The predicted octanol–water partition coefficient (Wildman–Crippen LogP) is 8.62. The summed E-state index contributed by atoms with van der Waals surface area (Å²) >= 11 is 0. The smallest absolute Gasteiger partial charge is 0.411 e. The van der Waals surface area contributed by atoms with Crippen LogP contribution in [0.3, 0.4) is 0 Å². The third-order valence-electron chi connectivity index (χ3n) is 11.1. The van der Waals surface area contributed by atoms with Crippen LogP contribution in [0.2, 0.25) is 18.1 Å². The van der Waals surface area contributed by atoms with E-state index in [0.717, 1.165) is 30.4 Å². The van der Waals surface area contributed by atoms with Crippen LogP contribution in [0.15, 0.2) is 61.2 Å². The molecule has 2 heterocycles. The quantitative estimate of drug-likeness (QED) is 0.0610. The Balaban J connectivity index is 1.35. The minimum Gasteiger partial charge on any atom is -0.493 e. The summed E-state index contributed by atoms with van der Waals surface area (Å²) in [6.45, 7) is 26.9. The van der Waals surface area contributed by atoms with Crippen molar-refractivity contribution in [2.45, 2.75) is 96.4 Å². The van der Waals surface area contributed by atoms with E-state index in [1.54, 1.807) is 34.1 Å². The Morgan fingerprint density at radius 1 is 0.845 bits per heavy atom. The molecule has 2 fully saturated rings. The van der Waals surface area contributed by atoms with Crippen LogP contribution in [-0.4, -0.2) is 102 Å². The van der Waals surface area contributed by atoms with E-state index in [1.807, 2.05) is 6.92 Å². The molecule has 4 rings (SSSR count). The Morgan fingerprint density at radius 3 is 1.93 bits per heavy atom. The average Bonchev–Trinajstić information content (AvgIpc) is 3.76. The number of nitrogens with one attached hydrogen (secondary N) is 1. The fourth-order valence-corrected chi connectivity index (χ4v) is 7.79. The first-order chi connectivity index (χ1) is 27.4.